The van der Waals surface area contributed by atoms with E-state index in [2.05, 4.69) is 23.4 Å². The summed E-state index contributed by atoms with van der Waals surface area (Å²) in [6, 6.07) is 5.98. The van der Waals surface area contributed by atoms with Gasteiger partial charge in [-0.2, -0.15) is 0 Å². The van der Waals surface area contributed by atoms with Crippen LogP contribution < -0.4 is 9.46 Å². The van der Waals surface area contributed by atoms with Gasteiger partial charge in [0.15, 0.2) is 11.9 Å². The number of hydrogen-bond acceptors (Lipinski definition) is 6. The summed E-state index contributed by atoms with van der Waals surface area (Å²) in [6.45, 7) is 17.3. The number of nitrogens with one attached hydrogen (secondary N) is 1. The summed E-state index contributed by atoms with van der Waals surface area (Å²) in [7, 11) is 0. The first-order valence-corrected chi connectivity index (χ1v) is 13.2. The average molecular weight is 493 g/mol. The third-order valence-electron chi connectivity index (χ3n) is 6.26. The molecule has 2 heterocycles. The lowest BCUT2D eigenvalue weighted by Gasteiger charge is -2.38. The van der Waals surface area contributed by atoms with E-state index in [-0.39, 0.29) is 24.5 Å². The van der Waals surface area contributed by atoms with E-state index >= 15 is 0 Å². The highest BCUT2D eigenvalue weighted by Gasteiger charge is 2.41. The van der Waals surface area contributed by atoms with Crippen LogP contribution >= 0.6 is 0 Å². The molecule has 0 spiro atoms. The molecule has 0 radical (unpaired) electrons. The molecule has 34 heavy (non-hydrogen) atoms. The Morgan fingerprint density at radius 1 is 1.38 bits per heavy atom. The van der Waals surface area contributed by atoms with E-state index in [4.69, 9.17) is 14.2 Å². The minimum absolute atomic E-state index is 0.0165. The minimum Gasteiger partial charge on any atom is -0.598 e. The molecule has 1 aromatic rings. The van der Waals surface area contributed by atoms with E-state index in [0.717, 1.165) is 29.7 Å². The maximum absolute atomic E-state index is 13.1. The van der Waals surface area contributed by atoms with Crippen molar-refractivity contribution in [3.8, 4) is 5.75 Å². The highest BCUT2D eigenvalue weighted by atomic mass is 32.2. The third-order valence-corrected chi connectivity index (χ3v) is 7.84. The van der Waals surface area contributed by atoms with Gasteiger partial charge in [0.25, 0.3) is 5.91 Å². The molecule has 1 unspecified atom stereocenters. The van der Waals surface area contributed by atoms with Gasteiger partial charge in [0, 0.05) is 30.0 Å². The number of amides is 1. The molecule has 0 bridgehead atoms. The van der Waals surface area contributed by atoms with Crippen LogP contribution in [0.3, 0.4) is 0 Å². The van der Waals surface area contributed by atoms with Crippen molar-refractivity contribution in [1.29, 1.82) is 0 Å². The number of rotatable bonds is 8. The lowest BCUT2D eigenvalue weighted by Crippen LogP contribution is -2.48. The second-order valence-corrected chi connectivity index (χ2v) is 12.6. The fourth-order valence-electron chi connectivity index (χ4n) is 4.34. The van der Waals surface area contributed by atoms with Gasteiger partial charge in [-0.05, 0) is 71.9 Å². The van der Waals surface area contributed by atoms with Crippen molar-refractivity contribution in [1.82, 2.24) is 9.62 Å². The van der Waals surface area contributed by atoms with E-state index < -0.39 is 28.0 Å². The molecule has 8 heteroatoms. The molecule has 2 fully saturated rings. The Morgan fingerprint density at radius 2 is 2.06 bits per heavy atom. The van der Waals surface area contributed by atoms with Gasteiger partial charge in [0.05, 0.1) is 12.6 Å². The van der Waals surface area contributed by atoms with Crippen LogP contribution in [0.15, 0.2) is 30.9 Å². The molecule has 3 rings (SSSR count). The number of nitrogens with zero attached hydrogens (tertiary/aromatic N) is 1. The van der Waals surface area contributed by atoms with E-state index in [1.807, 2.05) is 52.5 Å². The maximum atomic E-state index is 13.1. The summed E-state index contributed by atoms with van der Waals surface area (Å²) >= 11 is -1.26. The molecular weight excluding hydrogens is 452 g/mol. The van der Waals surface area contributed by atoms with E-state index in [0.29, 0.717) is 19.7 Å². The first kappa shape index (κ1) is 27.0. The zero-order valence-electron chi connectivity index (χ0n) is 21.4. The van der Waals surface area contributed by atoms with E-state index in [1.54, 1.807) is 6.08 Å². The summed E-state index contributed by atoms with van der Waals surface area (Å²) in [4.78, 5) is 14.9. The Labute approximate surface area is 207 Å². The molecule has 0 saturated carbocycles. The predicted octanol–water partition coefficient (Wildman–Crippen LogP) is 4.04. The smallest absolute Gasteiger partial charge is 0.254 e. The summed E-state index contributed by atoms with van der Waals surface area (Å²) in [5, 5.41) is 0. The molecule has 1 aromatic carbocycles. The van der Waals surface area contributed by atoms with Gasteiger partial charge in [-0.25, -0.2) is 0 Å². The standard InChI is InChI=1S/C26H40N2O5S/c1-8-15-31-21-16-18(2)9-10-20(21)23(27-34(30)25(3,4)5)19-11-13-28(14-12-19)24(29)22-17-32-26(6,7)33-22/h8-10,16,19,22-23,27H,1,11-15,17H2,2-7H3/t22-,23?,34+/m1/s1. The Kier molecular flexibility index (Phi) is 8.74. The van der Waals surface area contributed by atoms with Crippen molar-refractivity contribution in [3.63, 3.8) is 0 Å². The van der Waals surface area contributed by atoms with Gasteiger partial charge < -0.3 is 23.7 Å². The molecule has 0 aliphatic carbocycles. The van der Waals surface area contributed by atoms with Gasteiger partial charge in [-0.3, -0.25) is 4.79 Å². The molecule has 1 amide bonds. The van der Waals surface area contributed by atoms with Crippen LogP contribution in [-0.4, -0.2) is 58.3 Å². The molecule has 2 saturated heterocycles. The average Bonchev–Trinajstić information content (AvgIpc) is 3.15. The number of hydrogen-bond donors (Lipinski definition) is 1. The Morgan fingerprint density at radius 3 is 2.62 bits per heavy atom. The number of ether oxygens (including phenoxy) is 3. The lowest BCUT2D eigenvalue weighted by atomic mass is 9.85. The number of carbonyl (C=O) groups excluding carboxylic acids is 1. The number of carbonyl (C=O) groups is 1. The Hall–Kier alpha value is -1.58. The summed E-state index contributed by atoms with van der Waals surface area (Å²) in [5.74, 6) is 0.233. The van der Waals surface area contributed by atoms with Crippen LogP contribution in [0.5, 0.6) is 5.75 Å². The fraction of sp³-hybridized carbons (Fsp3) is 0.654. The molecule has 1 N–H and O–H groups in total. The van der Waals surface area contributed by atoms with Crippen LogP contribution in [0.2, 0.25) is 0 Å². The molecule has 2 aliphatic rings. The van der Waals surface area contributed by atoms with E-state index in [9.17, 15) is 9.35 Å². The number of aryl methyl sites for hydroxylation is 1. The summed E-state index contributed by atoms with van der Waals surface area (Å²) in [6.07, 6.45) is 2.75. The number of benzene rings is 1. The van der Waals surface area contributed by atoms with Crippen molar-refractivity contribution in [3.05, 3.63) is 42.0 Å². The monoisotopic (exact) mass is 492 g/mol. The van der Waals surface area contributed by atoms with Crippen molar-refractivity contribution in [2.45, 2.75) is 77.1 Å². The van der Waals surface area contributed by atoms with E-state index in [1.165, 1.54) is 0 Å². The predicted molar refractivity (Wildman–Crippen MR) is 135 cm³/mol. The molecule has 7 nitrogen and oxygen atoms in total. The van der Waals surface area contributed by atoms with Gasteiger partial charge in [0.2, 0.25) is 0 Å². The Balaban J connectivity index is 1.78. The van der Waals surface area contributed by atoms with Crippen LogP contribution in [0.25, 0.3) is 0 Å². The van der Waals surface area contributed by atoms with Crippen LogP contribution in [0.4, 0.5) is 0 Å². The second-order valence-electron chi connectivity index (χ2n) is 10.6. The van der Waals surface area contributed by atoms with Crippen LogP contribution in [0.1, 0.15) is 64.6 Å². The highest BCUT2D eigenvalue weighted by molar-refractivity contribution is 7.90. The van der Waals surface area contributed by atoms with Gasteiger partial charge in [-0.1, -0.05) is 24.8 Å². The molecular formula is C26H40N2O5S. The van der Waals surface area contributed by atoms with Crippen LogP contribution in [0, 0.1) is 12.8 Å². The van der Waals surface area contributed by atoms with Crippen LogP contribution in [-0.2, 0) is 25.6 Å². The van der Waals surface area contributed by atoms with Gasteiger partial charge in [0.1, 0.15) is 17.1 Å². The zero-order chi connectivity index (χ0) is 25.1. The summed E-state index contributed by atoms with van der Waals surface area (Å²) < 4.78 is 33.5. The third kappa shape index (κ3) is 6.76. The first-order valence-electron chi connectivity index (χ1n) is 12.0. The molecule has 0 aromatic heterocycles. The van der Waals surface area contributed by atoms with Gasteiger partial charge in [-0.15, -0.1) is 4.72 Å². The number of likely N-dealkylation sites (tertiary alicyclic amines) is 1. The number of piperidine rings is 1. The topological polar surface area (TPSA) is 83.1 Å². The largest absolute Gasteiger partial charge is 0.598 e. The first-order chi connectivity index (χ1) is 15.9. The van der Waals surface area contributed by atoms with Crippen molar-refractivity contribution in [2.24, 2.45) is 5.92 Å². The normalized spacial score (nSPS) is 22.9. The lowest BCUT2D eigenvalue weighted by molar-refractivity contribution is -0.161. The molecule has 3 atom stereocenters. The quantitative estimate of drug-likeness (QED) is 0.436. The summed E-state index contributed by atoms with van der Waals surface area (Å²) in [5.41, 5.74) is 2.09. The molecule has 2 aliphatic heterocycles. The SMILES string of the molecule is C=CCOc1cc(C)ccc1C(N[S@@+]([O-])C(C)(C)C)C1CCN(C(=O)[C@H]2COC(C)(C)O2)CC1. The van der Waals surface area contributed by atoms with Gasteiger partial charge >= 0.3 is 0 Å². The highest BCUT2D eigenvalue weighted by Crippen LogP contribution is 2.38. The minimum atomic E-state index is -1.26. The Bertz CT molecular complexity index is 861. The fourth-order valence-corrected chi connectivity index (χ4v) is 5.25. The second kappa shape index (κ2) is 11.0. The van der Waals surface area contributed by atoms with Crippen molar-refractivity contribution in [2.75, 3.05) is 26.3 Å². The molecule has 190 valence electrons. The zero-order valence-corrected chi connectivity index (χ0v) is 22.2. The van der Waals surface area contributed by atoms with Crippen molar-refractivity contribution >= 4 is 17.3 Å². The maximum Gasteiger partial charge on any atom is 0.254 e. The van der Waals surface area contributed by atoms with Crippen molar-refractivity contribution < 1.29 is 23.6 Å².